The lowest BCUT2D eigenvalue weighted by Crippen LogP contribution is -2.34. The zero-order valence-corrected chi connectivity index (χ0v) is 10.8. The number of rotatable bonds is 7. The Labute approximate surface area is 97.3 Å². The SMILES string of the molecule is CCN(Cc1cccs1)C(C)CCNC. The molecule has 0 saturated carbocycles. The van der Waals surface area contributed by atoms with Crippen LogP contribution in [0, 0.1) is 0 Å². The molecular formula is C12H22N2S. The van der Waals surface area contributed by atoms with Gasteiger partial charge in [0.05, 0.1) is 0 Å². The quantitative estimate of drug-likeness (QED) is 0.769. The Bertz CT molecular complexity index is 246. The molecule has 1 N–H and O–H groups in total. The Kier molecular flexibility index (Phi) is 5.91. The molecule has 1 atom stereocenters. The maximum Gasteiger partial charge on any atom is 0.0330 e. The highest BCUT2D eigenvalue weighted by Gasteiger charge is 2.11. The molecule has 1 heterocycles. The van der Waals surface area contributed by atoms with Crippen molar-refractivity contribution in [2.45, 2.75) is 32.9 Å². The Balaban J connectivity index is 2.40. The van der Waals surface area contributed by atoms with Gasteiger partial charge in [-0.1, -0.05) is 13.0 Å². The number of nitrogens with one attached hydrogen (secondary N) is 1. The van der Waals surface area contributed by atoms with Crippen molar-refractivity contribution in [3.05, 3.63) is 22.4 Å². The van der Waals surface area contributed by atoms with Crippen LogP contribution in [0.2, 0.25) is 0 Å². The van der Waals surface area contributed by atoms with Crippen LogP contribution in [0.3, 0.4) is 0 Å². The van der Waals surface area contributed by atoms with E-state index in [1.54, 1.807) is 0 Å². The molecule has 0 aliphatic carbocycles. The van der Waals surface area contributed by atoms with Crippen LogP contribution in [0.5, 0.6) is 0 Å². The van der Waals surface area contributed by atoms with Crippen LogP contribution in [-0.2, 0) is 6.54 Å². The molecule has 0 aromatic carbocycles. The highest BCUT2D eigenvalue weighted by Crippen LogP contribution is 2.14. The van der Waals surface area contributed by atoms with Gasteiger partial charge in [0.25, 0.3) is 0 Å². The van der Waals surface area contributed by atoms with E-state index >= 15 is 0 Å². The molecule has 0 bridgehead atoms. The van der Waals surface area contributed by atoms with E-state index in [9.17, 15) is 0 Å². The minimum atomic E-state index is 0.657. The van der Waals surface area contributed by atoms with Gasteiger partial charge in [-0.05, 0) is 44.9 Å². The summed E-state index contributed by atoms with van der Waals surface area (Å²) in [7, 11) is 2.02. The van der Waals surface area contributed by atoms with Crippen molar-refractivity contribution >= 4 is 11.3 Å². The summed E-state index contributed by atoms with van der Waals surface area (Å²) < 4.78 is 0. The van der Waals surface area contributed by atoms with Crippen LogP contribution >= 0.6 is 11.3 Å². The van der Waals surface area contributed by atoms with Crippen LogP contribution in [0.15, 0.2) is 17.5 Å². The summed E-state index contributed by atoms with van der Waals surface area (Å²) in [6.45, 7) is 7.88. The summed E-state index contributed by atoms with van der Waals surface area (Å²) in [5, 5.41) is 5.37. The van der Waals surface area contributed by atoms with Crippen molar-refractivity contribution in [3.8, 4) is 0 Å². The van der Waals surface area contributed by atoms with Crippen LogP contribution in [0.1, 0.15) is 25.1 Å². The molecule has 0 amide bonds. The molecule has 1 unspecified atom stereocenters. The number of thiophene rings is 1. The maximum absolute atomic E-state index is 3.21. The summed E-state index contributed by atoms with van der Waals surface area (Å²) >= 11 is 1.85. The Morgan fingerprint density at radius 2 is 2.33 bits per heavy atom. The van der Waals surface area contributed by atoms with Gasteiger partial charge < -0.3 is 5.32 Å². The average molecular weight is 226 g/mol. The fourth-order valence-corrected chi connectivity index (χ4v) is 2.45. The van der Waals surface area contributed by atoms with Crippen molar-refractivity contribution in [2.75, 3.05) is 20.1 Å². The molecule has 1 aromatic heterocycles. The second kappa shape index (κ2) is 6.99. The summed E-state index contributed by atoms with van der Waals surface area (Å²) in [6, 6.07) is 5.01. The zero-order valence-electron chi connectivity index (χ0n) is 9.99. The van der Waals surface area contributed by atoms with Gasteiger partial charge in [-0.25, -0.2) is 0 Å². The molecule has 86 valence electrons. The fourth-order valence-electron chi connectivity index (χ4n) is 1.72. The Hall–Kier alpha value is -0.380. The molecule has 1 aromatic rings. The van der Waals surface area contributed by atoms with Gasteiger partial charge in [-0.2, -0.15) is 0 Å². The molecule has 2 nitrogen and oxygen atoms in total. The first-order valence-electron chi connectivity index (χ1n) is 5.69. The Morgan fingerprint density at radius 1 is 1.53 bits per heavy atom. The zero-order chi connectivity index (χ0) is 11.1. The maximum atomic E-state index is 3.21. The molecule has 1 rings (SSSR count). The van der Waals surface area contributed by atoms with E-state index in [0.29, 0.717) is 6.04 Å². The molecule has 0 saturated heterocycles. The van der Waals surface area contributed by atoms with E-state index in [2.05, 4.69) is 41.6 Å². The highest BCUT2D eigenvalue weighted by atomic mass is 32.1. The van der Waals surface area contributed by atoms with Crippen LogP contribution in [-0.4, -0.2) is 31.1 Å². The summed E-state index contributed by atoms with van der Waals surface area (Å²) in [6.07, 6.45) is 1.22. The third-order valence-electron chi connectivity index (χ3n) is 2.78. The largest absolute Gasteiger partial charge is 0.320 e. The highest BCUT2D eigenvalue weighted by molar-refractivity contribution is 7.09. The first-order valence-corrected chi connectivity index (χ1v) is 6.57. The van der Waals surface area contributed by atoms with Gasteiger partial charge in [0, 0.05) is 17.5 Å². The first-order chi connectivity index (χ1) is 7.27. The van der Waals surface area contributed by atoms with Crippen molar-refractivity contribution in [2.24, 2.45) is 0 Å². The predicted octanol–water partition coefficient (Wildman–Crippen LogP) is 2.57. The van der Waals surface area contributed by atoms with E-state index in [0.717, 1.165) is 19.6 Å². The lowest BCUT2D eigenvalue weighted by Gasteiger charge is -2.27. The monoisotopic (exact) mass is 226 g/mol. The normalized spacial score (nSPS) is 13.3. The molecule has 0 aliphatic heterocycles. The van der Waals surface area contributed by atoms with Gasteiger partial charge in [0.1, 0.15) is 0 Å². The second-order valence-corrected chi connectivity index (χ2v) is 4.92. The van der Waals surface area contributed by atoms with Crippen molar-refractivity contribution in [1.29, 1.82) is 0 Å². The van der Waals surface area contributed by atoms with Gasteiger partial charge >= 0.3 is 0 Å². The topological polar surface area (TPSA) is 15.3 Å². The predicted molar refractivity (Wildman–Crippen MR) is 68.4 cm³/mol. The lowest BCUT2D eigenvalue weighted by molar-refractivity contribution is 0.203. The van der Waals surface area contributed by atoms with Crippen LogP contribution in [0.25, 0.3) is 0 Å². The van der Waals surface area contributed by atoms with E-state index in [4.69, 9.17) is 0 Å². The smallest absolute Gasteiger partial charge is 0.0330 e. The van der Waals surface area contributed by atoms with E-state index in [1.807, 2.05) is 18.4 Å². The third kappa shape index (κ3) is 4.33. The van der Waals surface area contributed by atoms with E-state index in [-0.39, 0.29) is 0 Å². The van der Waals surface area contributed by atoms with E-state index < -0.39 is 0 Å². The third-order valence-corrected chi connectivity index (χ3v) is 3.64. The molecule has 15 heavy (non-hydrogen) atoms. The number of hydrogen-bond acceptors (Lipinski definition) is 3. The second-order valence-electron chi connectivity index (χ2n) is 3.88. The summed E-state index contributed by atoms with van der Waals surface area (Å²) in [5.74, 6) is 0. The standard InChI is InChI=1S/C12H22N2S/c1-4-14(11(2)7-8-13-3)10-12-6-5-9-15-12/h5-6,9,11,13H,4,7-8,10H2,1-3H3. The minimum absolute atomic E-state index is 0.657. The summed E-state index contributed by atoms with van der Waals surface area (Å²) in [5.41, 5.74) is 0. The van der Waals surface area contributed by atoms with Crippen molar-refractivity contribution in [1.82, 2.24) is 10.2 Å². The molecule has 0 fully saturated rings. The lowest BCUT2D eigenvalue weighted by atomic mass is 10.2. The van der Waals surface area contributed by atoms with Gasteiger partial charge in [-0.3, -0.25) is 4.90 Å². The van der Waals surface area contributed by atoms with Gasteiger partial charge in [-0.15, -0.1) is 11.3 Å². The molecule has 0 aliphatic rings. The van der Waals surface area contributed by atoms with Crippen LogP contribution < -0.4 is 5.32 Å². The number of nitrogens with zero attached hydrogens (tertiary/aromatic N) is 1. The van der Waals surface area contributed by atoms with Crippen molar-refractivity contribution in [3.63, 3.8) is 0 Å². The molecular weight excluding hydrogens is 204 g/mol. The van der Waals surface area contributed by atoms with Crippen LogP contribution in [0.4, 0.5) is 0 Å². The minimum Gasteiger partial charge on any atom is -0.320 e. The van der Waals surface area contributed by atoms with E-state index in [1.165, 1.54) is 11.3 Å². The summed E-state index contributed by atoms with van der Waals surface area (Å²) in [4.78, 5) is 4.00. The van der Waals surface area contributed by atoms with Gasteiger partial charge in [0.15, 0.2) is 0 Å². The Morgan fingerprint density at radius 3 is 2.87 bits per heavy atom. The average Bonchev–Trinajstić information content (AvgIpc) is 2.75. The molecule has 0 spiro atoms. The first kappa shape index (κ1) is 12.7. The fraction of sp³-hybridized carbons (Fsp3) is 0.667. The molecule has 3 heteroatoms. The molecule has 0 radical (unpaired) electrons. The number of hydrogen-bond donors (Lipinski definition) is 1. The van der Waals surface area contributed by atoms with Crippen molar-refractivity contribution < 1.29 is 0 Å². The van der Waals surface area contributed by atoms with Gasteiger partial charge in [0.2, 0.25) is 0 Å².